The molecular weight excluding hydrogens is 468 g/mol. The maximum atomic E-state index is 6.59. The van der Waals surface area contributed by atoms with E-state index < -0.39 is 8.32 Å². The Morgan fingerprint density at radius 3 is 1.70 bits per heavy atom. The van der Waals surface area contributed by atoms with Gasteiger partial charge in [-0.1, -0.05) is 93.6 Å². The van der Waals surface area contributed by atoms with Crippen molar-refractivity contribution in [2.45, 2.75) is 44.8 Å². The first-order valence-corrected chi connectivity index (χ1v) is 15.9. The monoisotopic (exact) mass is 504 g/mol. The maximum Gasteiger partial charge on any atom is 0.250 e. The van der Waals surface area contributed by atoms with Crippen molar-refractivity contribution in [3.63, 3.8) is 0 Å². The lowest BCUT2D eigenvalue weighted by molar-refractivity contribution is 0.414. The molecule has 0 amide bonds. The predicted octanol–water partition coefficient (Wildman–Crippen LogP) is 9.57. The molecule has 0 fully saturated rings. The second-order valence-electron chi connectivity index (χ2n) is 11.4. The minimum atomic E-state index is -1.91. The molecular formula is C34H36O2Si. The fraction of sp³-hybridized carbons (Fsp3) is 0.235. The highest BCUT2D eigenvalue weighted by atomic mass is 28.4. The summed E-state index contributed by atoms with van der Waals surface area (Å²) < 4.78 is 12.1. The third kappa shape index (κ3) is 4.88. The summed E-state index contributed by atoms with van der Waals surface area (Å²) in [5, 5.41) is 5.26. The molecule has 1 atom stereocenters. The molecule has 0 aliphatic heterocycles. The first-order valence-electron chi connectivity index (χ1n) is 13.0. The molecule has 0 aliphatic carbocycles. The Balaban J connectivity index is 1.67. The van der Waals surface area contributed by atoms with Gasteiger partial charge in [0.15, 0.2) is 0 Å². The lowest BCUT2D eigenvalue weighted by Gasteiger charge is -2.36. The van der Waals surface area contributed by atoms with Gasteiger partial charge in [0.25, 0.3) is 0 Å². The van der Waals surface area contributed by atoms with E-state index >= 15 is 0 Å². The van der Waals surface area contributed by atoms with Crippen molar-refractivity contribution < 1.29 is 9.16 Å². The molecule has 0 aliphatic rings. The molecule has 0 spiro atoms. The number of rotatable bonds is 6. The molecule has 0 bridgehead atoms. The van der Waals surface area contributed by atoms with Gasteiger partial charge < -0.3 is 9.16 Å². The minimum Gasteiger partial charge on any atom is -0.544 e. The topological polar surface area (TPSA) is 18.5 Å². The van der Waals surface area contributed by atoms with Gasteiger partial charge in [-0.15, -0.1) is 0 Å². The van der Waals surface area contributed by atoms with E-state index in [0.717, 1.165) is 11.5 Å². The van der Waals surface area contributed by atoms with Crippen LogP contribution in [0.15, 0.2) is 103 Å². The number of hydrogen-bond donors (Lipinski definition) is 0. The number of methoxy groups -OCH3 is 1. The van der Waals surface area contributed by atoms with Gasteiger partial charge in [0.05, 0.1) is 7.11 Å². The molecule has 37 heavy (non-hydrogen) atoms. The highest BCUT2D eigenvalue weighted by molar-refractivity contribution is 6.74. The lowest BCUT2D eigenvalue weighted by Crippen LogP contribution is -2.43. The van der Waals surface area contributed by atoms with E-state index in [1.54, 1.807) is 7.11 Å². The molecule has 0 heterocycles. The summed E-state index contributed by atoms with van der Waals surface area (Å²) in [7, 11) is -0.197. The van der Waals surface area contributed by atoms with Crippen LogP contribution in [0.5, 0.6) is 11.5 Å². The fourth-order valence-corrected chi connectivity index (χ4v) is 5.88. The zero-order chi connectivity index (χ0) is 26.2. The van der Waals surface area contributed by atoms with Gasteiger partial charge in [-0.2, -0.15) is 0 Å². The van der Waals surface area contributed by atoms with Crippen LogP contribution in [0.2, 0.25) is 18.1 Å². The lowest BCUT2D eigenvalue weighted by atomic mass is 9.81. The molecule has 0 unspecified atom stereocenters. The van der Waals surface area contributed by atoms with Crippen LogP contribution in [0.25, 0.3) is 21.5 Å². The van der Waals surface area contributed by atoms with Crippen LogP contribution >= 0.6 is 0 Å². The van der Waals surface area contributed by atoms with Crippen LogP contribution in [0.1, 0.15) is 43.4 Å². The SMILES string of the molecule is COc1ccc([C@H](c2ccc(O[Si](C)(C)C(C)(C)C)cc2)c2cc3ccccc3c3ccccc23)cc1. The third-order valence-electron chi connectivity index (χ3n) is 7.95. The number of ether oxygens (including phenoxy) is 1. The number of fused-ring (bicyclic) bond motifs is 3. The van der Waals surface area contributed by atoms with Crippen LogP contribution < -0.4 is 9.16 Å². The highest BCUT2D eigenvalue weighted by Crippen LogP contribution is 2.41. The third-order valence-corrected chi connectivity index (χ3v) is 12.3. The summed E-state index contributed by atoms with van der Waals surface area (Å²) in [6.07, 6.45) is 0. The van der Waals surface area contributed by atoms with Crippen molar-refractivity contribution in [3.8, 4) is 11.5 Å². The van der Waals surface area contributed by atoms with Crippen molar-refractivity contribution in [2.24, 2.45) is 0 Å². The number of hydrogen-bond acceptors (Lipinski definition) is 2. The first-order chi connectivity index (χ1) is 17.7. The average molecular weight is 505 g/mol. The summed E-state index contributed by atoms with van der Waals surface area (Å²) in [5.41, 5.74) is 3.78. The molecule has 5 aromatic rings. The maximum absolute atomic E-state index is 6.59. The highest BCUT2D eigenvalue weighted by Gasteiger charge is 2.39. The van der Waals surface area contributed by atoms with E-state index in [4.69, 9.17) is 9.16 Å². The van der Waals surface area contributed by atoms with E-state index in [1.807, 2.05) is 0 Å². The molecule has 0 N–H and O–H groups in total. The van der Waals surface area contributed by atoms with E-state index in [0.29, 0.717) is 0 Å². The summed E-state index contributed by atoms with van der Waals surface area (Å²) in [5.74, 6) is 1.89. The predicted molar refractivity (Wildman–Crippen MR) is 160 cm³/mol. The second-order valence-corrected chi connectivity index (χ2v) is 16.1. The van der Waals surface area contributed by atoms with E-state index in [9.17, 15) is 0 Å². The van der Waals surface area contributed by atoms with E-state index in [-0.39, 0.29) is 11.0 Å². The van der Waals surface area contributed by atoms with Crippen LogP contribution in [0, 0.1) is 0 Å². The van der Waals surface area contributed by atoms with Gasteiger partial charge in [0.1, 0.15) is 11.5 Å². The van der Waals surface area contributed by atoms with Crippen molar-refractivity contribution in [3.05, 3.63) is 120 Å². The van der Waals surface area contributed by atoms with Crippen LogP contribution in [-0.2, 0) is 0 Å². The average Bonchev–Trinajstić information content (AvgIpc) is 2.89. The molecule has 0 aromatic heterocycles. The summed E-state index contributed by atoms with van der Waals surface area (Å²) >= 11 is 0. The normalized spacial score (nSPS) is 13.0. The molecule has 0 saturated heterocycles. The van der Waals surface area contributed by atoms with Gasteiger partial charge >= 0.3 is 0 Å². The Hall–Kier alpha value is -3.56. The fourth-order valence-electron chi connectivity index (χ4n) is 4.85. The largest absolute Gasteiger partial charge is 0.544 e. The molecule has 188 valence electrons. The Morgan fingerprint density at radius 2 is 1.14 bits per heavy atom. The molecule has 5 aromatic carbocycles. The van der Waals surface area contributed by atoms with Crippen molar-refractivity contribution in [1.82, 2.24) is 0 Å². The van der Waals surface area contributed by atoms with E-state index in [2.05, 4.69) is 137 Å². The van der Waals surface area contributed by atoms with Crippen LogP contribution in [-0.4, -0.2) is 15.4 Å². The summed E-state index contributed by atoms with van der Waals surface area (Å²) in [6.45, 7) is 11.4. The first kappa shape index (κ1) is 25.1. The molecule has 0 saturated carbocycles. The second kappa shape index (κ2) is 9.72. The van der Waals surface area contributed by atoms with Gasteiger partial charge in [-0.3, -0.25) is 0 Å². The van der Waals surface area contributed by atoms with Gasteiger partial charge in [0, 0.05) is 5.92 Å². The zero-order valence-corrected chi connectivity index (χ0v) is 23.7. The zero-order valence-electron chi connectivity index (χ0n) is 22.7. The van der Waals surface area contributed by atoms with Crippen LogP contribution in [0.3, 0.4) is 0 Å². The summed E-state index contributed by atoms with van der Waals surface area (Å²) in [6, 6.07) is 37.1. The molecule has 3 heteroatoms. The Kier molecular flexibility index (Phi) is 6.59. The van der Waals surface area contributed by atoms with Crippen molar-refractivity contribution in [2.75, 3.05) is 7.11 Å². The quantitative estimate of drug-likeness (QED) is 0.130. The minimum absolute atomic E-state index is 0.0716. The van der Waals surface area contributed by atoms with Crippen molar-refractivity contribution in [1.29, 1.82) is 0 Å². The molecule has 2 nitrogen and oxygen atoms in total. The summed E-state index contributed by atoms with van der Waals surface area (Å²) in [4.78, 5) is 0. The van der Waals surface area contributed by atoms with E-state index in [1.165, 1.54) is 38.2 Å². The van der Waals surface area contributed by atoms with Crippen LogP contribution in [0.4, 0.5) is 0 Å². The van der Waals surface area contributed by atoms with Gasteiger partial charge in [-0.05, 0) is 86.7 Å². The molecule has 5 rings (SSSR count). The van der Waals surface area contributed by atoms with Crippen molar-refractivity contribution >= 4 is 29.9 Å². The van der Waals surface area contributed by atoms with Gasteiger partial charge in [-0.25, -0.2) is 0 Å². The number of benzene rings is 5. The standard InChI is InChI=1S/C34H36O2Si/c1-34(2,3)37(5,6)36-28-21-17-25(18-22-28)33(24-15-19-27(35-4)20-16-24)32-23-26-11-7-8-12-29(26)30-13-9-10-14-31(30)32/h7-23,33H,1-6H3/t33-/m1/s1. The smallest absolute Gasteiger partial charge is 0.250 e. The van der Waals surface area contributed by atoms with Gasteiger partial charge in [0.2, 0.25) is 8.32 Å². The Labute approximate surface area is 222 Å². The Morgan fingerprint density at radius 1 is 0.622 bits per heavy atom. The molecule has 0 radical (unpaired) electrons. The Bertz CT molecular complexity index is 1530.